The van der Waals surface area contributed by atoms with Gasteiger partial charge in [-0.15, -0.1) is 6.58 Å². The molecule has 2 aromatic carbocycles. The fourth-order valence-electron chi connectivity index (χ4n) is 3.29. The number of allylic oxidation sites excluding steroid dienone is 2. The Kier molecular flexibility index (Phi) is 7.39. The zero-order valence-electron chi connectivity index (χ0n) is 16.6. The van der Waals surface area contributed by atoms with E-state index in [1.807, 2.05) is 31.2 Å². The molecule has 0 aliphatic heterocycles. The normalized spacial score (nSPS) is 13.6. The number of hydrogen-bond acceptors (Lipinski definition) is 2. The maximum Gasteiger partial charge on any atom is 0.181 e. The standard InChI is InChI=1S/C23H30O2SSi/c1-5-22(27(3,4)23-13-8-6-9-14-23)12-10-7-11-19-26(24,25)21-17-15-20(2)16-18-21/h5-9,11,13-18,22H,1,10,12,19H2,2-4H3/b11-7+/t22-/m1/s1. The molecule has 0 radical (unpaired) electrons. The van der Waals surface area contributed by atoms with Crippen molar-refractivity contribution in [1.82, 2.24) is 0 Å². The van der Waals surface area contributed by atoms with E-state index in [4.69, 9.17) is 0 Å². The van der Waals surface area contributed by atoms with Crippen LogP contribution < -0.4 is 5.19 Å². The van der Waals surface area contributed by atoms with Crippen LogP contribution in [0.3, 0.4) is 0 Å². The molecule has 0 saturated carbocycles. The summed E-state index contributed by atoms with van der Waals surface area (Å²) in [5.41, 5.74) is 1.52. The quantitative estimate of drug-likeness (QED) is 0.425. The van der Waals surface area contributed by atoms with Crippen molar-refractivity contribution >= 4 is 23.1 Å². The molecule has 1 atom stereocenters. The number of aryl methyl sites for hydroxylation is 1. The number of rotatable bonds is 9. The van der Waals surface area contributed by atoms with Crippen LogP contribution in [0.2, 0.25) is 18.6 Å². The van der Waals surface area contributed by atoms with Gasteiger partial charge in [0, 0.05) is 0 Å². The Morgan fingerprint density at radius 2 is 1.63 bits per heavy atom. The second-order valence-corrected chi connectivity index (χ2v) is 14.4. The molecule has 0 aromatic heterocycles. The summed E-state index contributed by atoms with van der Waals surface area (Å²) in [6.45, 7) is 10.8. The minimum absolute atomic E-state index is 0.0499. The molecule has 0 heterocycles. The first-order valence-electron chi connectivity index (χ1n) is 9.40. The summed E-state index contributed by atoms with van der Waals surface area (Å²) in [5, 5.41) is 1.43. The largest absolute Gasteiger partial charge is 0.223 e. The van der Waals surface area contributed by atoms with Crippen LogP contribution >= 0.6 is 0 Å². The molecule has 2 nitrogen and oxygen atoms in total. The van der Waals surface area contributed by atoms with E-state index in [2.05, 4.69) is 50.0 Å². The van der Waals surface area contributed by atoms with E-state index in [9.17, 15) is 8.42 Å². The van der Waals surface area contributed by atoms with E-state index in [0.717, 1.165) is 18.4 Å². The van der Waals surface area contributed by atoms with Crippen molar-refractivity contribution < 1.29 is 8.42 Å². The van der Waals surface area contributed by atoms with E-state index in [0.29, 0.717) is 10.4 Å². The fraction of sp³-hybridized carbons (Fsp3) is 0.304. The lowest BCUT2D eigenvalue weighted by Gasteiger charge is -2.30. The molecule has 0 unspecified atom stereocenters. The molecule has 2 aromatic rings. The number of hydrogen-bond donors (Lipinski definition) is 0. The van der Waals surface area contributed by atoms with Crippen LogP contribution in [0.5, 0.6) is 0 Å². The fourth-order valence-corrected chi connectivity index (χ4v) is 7.38. The summed E-state index contributed by atoms with van der Waals surface area (Å²) in [6.07, 6.45) is 7.72. The minimum Gasteiger partial charge on any atom is -0.223 e. The molecule has 0 saturated heterocycles. The Hall–Kier alpha value is -1.91. The minimum atomic E-state index is -3.25. The highest BCUT2D eigenvalue weighted by molar-refractivity contribution is 7.91. The van der Waals surface area contributed by atoms with Crippen molar-refractivity contribution in [1.29, 1.82) is 0 Å². The summed E-state index contributed by atoms with van der Waals surface area (Å²) in [6, 6.07) is 17.7. The van der Waals surface area contributed by atoms with Gasteiger partial charge in [0.25, 0.3) is 0 Å². The Labute approximate surface area is 165 Å². The van der Waals surface area contributed by atoms with Crippen LogP contribution in [0.15, 0.2) is 84.3 Å². The van der Waals surface area contributed by atoms with Crippen LogP contribution in [0.4, 0.5) is 0 Å². The molecule has 0 aliphatic carbocycles. The van der Waals surface area contributed by atoms with E-state index in [1.54, 1.807) is 18.2 Å². The highest BCUT2D eigenvalue weighted by atomic mass is 32.2. The van der Waals surface area contributed by atoms with Crippen molar-refractivity contribution in [3.8, 4) is 0 Å². The lowest BCUT2D eigenvalue weighted by molar-refractivity contribution is 0.599. The van der Waals surface area contributed by atoms with Gasteiger partial charge in [0.15, 0.2) is 9.84 Å². The molecule has 27 heavy (non-hydrogen) atoms. The average Bonchev–Trinajstić information content (AvgIpc) is 2.65. The second kappa shape index (κ2) is 9.33. The molecule has 2 rings (SSSR count). The summed E-state index contributed by atoms with van der Waals surface area (Å²) in [4.78, 5) is 0.388. The maximum absolute atomic E-state index is 12.4. The van der Waals surface area contributed by atoms with Crippen molar-refractivity contribution in [3.63, 3.8) is 0 Å². The molecule has 0 amide bonds. The molecule has 0 bridgehead atoms. The van der Waals surface area contributed by atoms with Gasteiger partial charge in [0.05, 0.1) is 18.7 Å². The summed E-state index contributed by atoms with van der Waals surface area (Å²) in [7, 11) is -4.89. The highest BCUT2D eigenvalue weighted by Crippen LogP contribution is 2.28. The highest BCUT2D eigenvalue weighted by Gasteiger charge is 2.30. The average molecular weight is 399 g/mol. The Balaban J connectivity index is 1.94. The van der Waals surface area contributed by atoms with E-state index in [-0.39, 0.29) is 5.75 Å². The summed E-state index contributed by atoms with van der Waals surface area (Å²) >= 11 is 0. The van der Waals surface area contributed by atoms with Gasteiger partial charge >= 0.3 is 0 Å². The van der Waals surface area contributed by atoms with Gasteiger partial charge in [-0.05, 0) is 37.4 Å². The van der Waals surface area contributed by atoms with Gasteiger partial charge in [-0.1, -0.05) is 84.5 Å². The van der Waals surface area contributed by atoms with Gasteiger partial charge in [0.2, 0.25) is 0 Å². The third-order valence-electron chi connectivity index (χ3n) is 5.24. The van der Waals surface area contributed by atoms with E-state index >= 15 is 0 Å². The molecular formula is C23H30O2SSi. The van der Waals surface area contributed by atoms with E-state index < -0.39 is 17.9 Å². The van der Waals surface area contributed by atoms with Gasteiger partial charge in [0.1, 0.15) is 0 Å². The van der Waals surface area contributed by atoms with Crippen LogP contribution in [0.1, 0.15) is 18.4 Å². The third-order valence-corrected chi connectivity index (χ3v) is 11.1. The first kappa shape index (κ1) is 21.4. The molecule has 0 aliphatic rings. The molecular weight excluding hydrogens is 368 g/mol. The van der Waals surface area contributed by atoms with Crippen LogP contribution in [0, 0.1) is 6.92 Å². The van der Waals surface area contributed by atoms with Crippen molar-refractivity contribution in [2.24, 2.45) is 0 Å². The zero-order valence-corrected chi connectivity index (χ0v) is 18.4. The number of benzene rings is 2. The summed E-state index contributed by atoms with van der Waals surface area (Å²) in [5.74, 6) is 0.0499. The van der Waals surface area contributed by atoms with Crippen molar-refractivity contribution in [2.45, 2.75) is 43.3 Å². The van der Waals surface area contributed by atoms with Crippen molar-refractivity contribution in [2.75, 3.05) is 5.75 Å². The molecule has 0 spiro atoms. The predicted octanol–water partition coefficient (Wildman–Crippen LogP) is 5.28. The predicted molar refractivity (Wildman–Crippen MR) is 119 cm³/mol. The topological polar surface area (TPSA) is 34.1 Å². The van der Waals surface area contributed by atoms with E-state index in [1.165, 1.54) is 5.19 Å². The Morgan fingerprint density at radius 1 is 1.00 bits per heavy atom. The third kappa shape index (κ3) is 5.78. The smallest absolute Gasteiger partial charge is 0.181 e. The molecule has 144 valence electrons. The van der Waals surface area contributed by atoms with Crippen LogP contribution in [0.25, 0.3) is 0 Å². The van der Waals surface area contributed by atoms with Gasteiger partial charge in [-0.25, -0.2) is 8.42 Å². The molecule has 4 heteroatoms. The van der Waals surface area contributed by atoms with Crippen LogP contribution in [-0.4, -0.2) is 22.2 Å². The Bertz CT molecular complexity index is 866. The lowest BCUT2D eigenvalue weighted by Crippen LogP contribution is -2.45. The first-order chi connectivity index (χ1) is 12.8. The summed E-state index contributed by atoms with van der Waals surface area (Å²) < 4.78 is 24.8. The van der Waals surface area contributed by atoms with Crippen molar-refractivity contribution in [3.05, 3.63) is 85.0 Å². The monoisotopic (exact) mass is 398 g/mol. The molecule has 0 N–H and O–H groups in total. The van der Waals surface area contributed by atoms with Gasteiger partial charge in [-0.3, -0.25) is 0 Å². The van der Waals surface area contributed by atoms with Gasteiger partial charge < -0.3 is 0 Å². The molecule has 0 fully saturated rings. The van der Waals surface area contributed by atoms with Crippen LogP contribution in [-0.2, 0) is 9.84 Å². The second-order valence-electron chi connectivity index (χ2n) is 7.57. The maximum atomic E-state index is 12.4. The zero-order chi connectivity index (χ0) is 19.9. The van der Waals surface area contributed by atoms with Gasteiger partial charge in [-0.2, -0.15) is 0 Å². The Morgan fingerprint density at radius 3 is 2.22 bits per heavy atom. The first-order valence-corrected chi connectivity index (χ1v) is 14.1. The number of sulfone groups is 1. The SMILES string of the molecule is C=C[C@H](CC/C=C/CS(=O)(=O)c1ccc(C)cc1)[Si](C)(C)c1ccccc1. The lowest BCUT2D eigenvalue weighted by atomic mass is 10.2.